The van der Waals surface area contributed by atoms with Crippen LogP contribution in [0.2, 0.25) is 0 Å². The minimum absolute atomic E-state index is 0.211. The Balaban J connectivity index is 1.91. The SMILES string of the molecule is C=C(Cc1ccc(OC)cc1)C(=O)N/C=C\c1cn(P)c(N=[N+]=[N-])n1. The van der Waals surface area contributed by atoms with Crippen LogP contribution in [-0.2, 0) is 11.2 Å². The van der Waals surface area contributed by atoms with Crippen LogP contribution in [0.15, 0.2) is 53.9 Å². The standard InChI is InChI=1S/C16H17N6O2P/c1-11(9-12-3-5-14(24-2)6-4-12)15(23)18-8-7-13-10-22(25)16(19-13)20-21-17/h3-8,10H,1,9,25H2,2H3,(H,18,23)/b8-7-. The fourth-order valence-corrected chi connectivity index (χ4v) is 2.23. The van der Waals surface area contributed by atoms with Crippen molar-refractivity contribution < 1.29 is 9.53 Å². The van der Waals surface area contributed by atoms with E-state index in [4.69, 9.17) is 10.3 Å². The molecule has 128 valence electrons. The first-order valence-electron chi connectivity index (χ1n) is 7.21. The zero-order valence-corrected chi connectivity index (χ0v) is 14.7. The highest BCUT2D eigenvalue weighted by Crippen LogP contribution is 2.16. The molecule has 0 fully saturated rings. The number of hydrogen-bond acceptors (Lipinski definition) is 4. The van der Waals surface area contributed by atoms with Gasteiger partial charge in [-0.25, -0.2) is 4.98 Å². The summed E-state index contributed by atoms with van der Waals surface area (Å²) >= 11 is 0. The smallest absolute Gasteiger partial charge is 0.250 e. The van der Waals surface area contributed by atoms with Gasteiger partial charge in [0.05, 0.1) is 12.8 Å². The molecule has 0 saturated carbocycles. The van der Waals surface area contributed by atoms with Gasteiger partial charge >= 0.3 is 0 Å². The highest BCUT2D eigenvalue weighted by molar-refractivity contribution is 7.14. The Kier molecular flexibility index (Phi) is 6.34. The number of methoxy groups -OCH3 is 1. The Bertz CT molecular complexity index is 850. The molecule has 9 heteroatoms. The number of carbonyl (C=O) groups is 1. The van der Waals surface area contributed by atoms with Gasteiger partial charge in [-0.3, -0.25) is 4.79 Å². The molecule has 1 unspecified atom stereocenters. The summed E-state index contributed by atoms with van der Waals surface area (Å²) in [5.74, 6) is 0.686. The molecular weight excluding hydrogens is 339 g/mol. The first kappa shape index (κ1) is 18.3. The van der Waals surface area contributed by atoms with E-state index in [1.807, 2.05) is 24.3 Å². The number of ether oxygens (including phenoxy) is 1. The Labute approximate surface area is 147 Å². The number of azide groups is 1. The quantitative estimate of drug-likeness (QED) is 0.270. The maximum Gasteiger partial charge on any atom is 0.250 e. The van der Waals surface area contributed by atoms with Gasteiger partial charge in [-0.15, -0.1) is 0 Å². The fraction of sp³-hybridized carbons (Fsp3) is 0.125. The van der Waals surface area contributed by atoms with Crippen LogP contribution < -0.4 is 10.1 Å². The number of nitrogens with one attached hydrogen (secondary N) is 1. The average molecular weight is 356 g/mol. The number of rotatable bonds is 7. The summed E-state index contributed by atoms with van der Waals surface area (Å²) < 4.78 is 6.60. The molecule has 0 spiro atoms. The van der Waals surface area contributed by atoms with Crippen LogP contribution in [0, 0.1) is 0 Å². The molecule has 1 amide bonds. The summed E-state index contributed by atoms with van der Waals surface area (Å²) in [7, 11) is 3.95. The number of imidazole rings is 1. The predicted octanol–water partition coefficient (Wildman–Crippen LogP) is 3.36. The summed E-state index contributed by atoms with van der Waals surface area (Å²) in [5, 5.41) is 6.06. The lowest BCUT2D eigenvalue weighted by Crippen LogP contribution is -2.19. The third-order valence-corrected chi connectivity index (χ3v) is 3.61. The maximum atomic E-state index is 12.1. The lowest BCUT2D eigenvalue weighted by Gasteiger charge is -2.06. The van der Waals surface area contributed by atoms with Crippen molar-refractivity contribution in [2.24, 2.45) is 5.11 Å². The van der Waals surface area contributed by atoms with Gasteiger partial charge in [-0.2, -0.15) is 0 Å². The Morgan fingerprint density at radius 1 is 1.52 bits per heavy atom. The predicted molar refractivity (Wildman–Crippen MR) is 99.2 cm³/mol. The van der Waals surface area contributed by atoms with Crippen molar-refractivity contribution in [3.8, 4) is 5.75 Å². The van der Waals surface area contributed by atoms with Crippen LogP contribution in [-0.4, -0.2) is 22.3 Å². The number of carbonyl (C=O) groups excluding carboxylic acids is 1. The van der Waals surface area contributed by atoms with Gasteiger partial charge in [-0.05, 0) is 43.8 Å². The van der Waals surface area contributed by atoms with Gasteiger partial charge in [0, 0.05) is 29.3 Å². The van der Waals surface area contributed by atoms with E-state index in [9.17, 15) is 4.79 Å². The monoisotopic (exact) mass is 356 g/mol. The summed E-state index contributed by atoms with van der Waals surface area (Å²) in [4.78, 5) is 18.8. The highest BCUT2D eigenvalue weighted by atomic mass is 31.0. The third-order valence-electron chi connectivity index (χ3n) is 3.23. The topological polar surface area (TPSA) is 105 Å². The van der Waals surface area contributed by atoms with E-state index in [0.29, 0.717) is 17.7 Å². The Hall–Kier alpha value is -3.08. The van der Waals surface area contributed by atoms with Crippen molar-refractivity contribution in [2.45, 2.75) is 6.42 Å². The molecule has 1 heterocycles. The second-order valence-electron chi connectivity index (χ2n) is 5.00. The number of aromatic nitrogens is 2. The molecule has 25 heavy (non-hydrogen) atoms. The van der Waals surface area contributed by atoms with E-state index in [2.05, 4.69) is 36.3 Å². The Morgan fingerprint density at radius 2 is 2.24 bits per heavy atom. The van der Waals surface area contributed by atoms with E-state index >= 15 is 0 Å². The largest absolute Gasteiger partial charge is 0.497 e. The molecular formula is C16H17N6O2P. The van der Waals surface area contributed by atoms with Crippen LogP contribution in [0.1, 0.15) is 11.3 Å². The van der Waals surface area contributed by atoms with Crippen LogP contribution in [0.5, 0.6) is 5.75 Å². The number of amides is 1. The van der Waals surface area contributed by atoms with Crippen molar-refractivity contribution in [1.82, 2.24) is 14.6 Å². The second-order valence-corrected chi connectivity index (χ2v) is 5.55. The zero-order valence-electron chi connectivity index (χ0n) is 13.6. The molecule has 0 aliphatic heterocycles. The van der Waals surface area contributed by atoms with Crippen LogP contribution in [0.4, 0.5) is 5.95 Å². The summed E-state index contributed by atoms with van der Waals surface area (Å²) in [6.45, 7) is 3.81. The van der Waals surface area contributed by atoms with Crippen molar-refractivity contribution in [3.63, 3.8) is 0 Å². The van der Waals surface area contributed by atoms with Gasteiger partial charge < -0.3 is 14.4 Å². The van der Waals surface area contributed by atoms with E-state index in [0.717, 1.165) is 11.3 Å². The Morgan fingerprint density at radius 3 is 2.88 bits per heavy atom. The summed E-state index contributed by atoms with van der Waals surface area (Å²) in [6.07, 6.45) is 5.14. The molecule has 8 nitrogen and oxygen atoms in total. The molecule has 1 aromatic carbocycles. The molecule has 1 aromatic heterocycles. The highest BCUT2D eigenvalue weighted by Gasteiger charge is 2.07. The minimum Gasteiger partial charge on any atom is -0.497 e. The fourth-order valence-electron chi connectivity index (χ4n) is 1.97. The molecule has 0 aliphatic carbocycles. The van der Waals surface area contributed by atoms with Gasteiger partial charge in [0.2, 0.25) is 0 Å². The van der Waals surface area contributed by atoms with E-state index in [-0.39, 0.29) is 11.9 Å². The van der Waals surface area contributed by atoms with Crippen molar-refractivity contribution in [3.05, 3.63) is 70.5 Å². The molecule has 0 aliphatic rings. The van der Waals surface area contributed by atoms with Crippen LogP contribution in [0.25, 0.3) is 16.5 Å². The molecule has 1 N–H and O–H groups in total. The molecule has 2 aromatic rings. The minimum atomic E-state index is -0.285. The van der Waals surface area contributed by atoms with E-state index < -0.39 is 0 Å². The third kappa shape index (κ3) is 5.21. The van der Waals surface area contributed by atoms with Crippen molar-refractivity contribution in [1.29, 1.82) is 0 Å². The van der Waals surface area contributed by atoms with Crippen molar-refractivity contribution in [2.75, 3.05) is 7.11 Å². The normalized spacial score (nSPS) is 10.3. The lowest BCUT2D eigenvalue weighted by atomic mass is 10.1. The lowest BCUT2D eigenvalue weighted by molar-refractivity contribution is -0.116. The van der Waals surface area contributed by atoms with Gasteiger partial charge in [0.15, 0.2) is 5.95 Å². The summed E-state index contributed by atoms with van der Waals surface area (Å²) in [6, 6.07) is 7.44. The molecule has 2 rings (SSSR count). The van der Waals surface area contributed by atoms with Crippen molar-refractivity contribution >= 4 is 27.3 Å². The summed E-state index contributed by atoms with van der Waals surface area (Å²) in [5.41, 5.74) is 10.4. The molecule has 0 saturated heterocycles. The number of hydrogen-bond donors (Lipinski definition) is 1. The van der Waals surface area contributed by atoms with Gasteiger partial charge in [-0.1, -0.05) is 18.7 Å². The number of benzene rings is 1. The zero-order chi connectivity index (χ0) is 18.2. The van der Waals surface area contributed by atoms with Crippen LogP contribution >= 0.6 is 9.39 Å². The first-order valence-corrected chi connectivity index (χ1v) is 7.73. The first-order chi connectivity index (χ1) is 12.0. The second kappa shape index (κ2) is 8.68. The van der Waals surface area contributed by atoms with E-state index in [1.54, 1.807) is 19.4 Å². The van der Waals surface area contributed by atoms with E-state index in [1.165, 1.54) is 10.5 Å². The number of nitrogens with zero attached hydrogens (tertiary/aromatic N) is 5. The molecule has 0 radical (unpaired) electrons. The molecule has 1 atom stereocenters. The average Bonchev–Trinajstić information content (AvgIpc) is 2.95. The maximum absolute atomic E-state index is 12.1. The van der Waals surface area contributed by atoms with Crippen LogP contribution in [0.3, 0.4) is 0 Å². The van der Waals surface area contributed by atoms with Gasteiger partial charge in [0.1, 0.15) is 5.75 Å². The van der Waals surface area contributed by atoms with Gasteiger partial charge in [0.25, 0.3) is 5.91 Å². The molecule has 0 bridgehead atoms.